The summed E-state index contributed by atoms with van der Waals surface area (Å²) < 4.78 is 0. The normalized spacial score (nSPS) is 18.3. The molecule has 3 heteroatoms. The van der Waals surface area contributed by atoms with Gasteiger partial charge in [-0.05, 0) is 30.5 Å². The topological polar surface area (TPSA) is 39.9 Å². The molecule has 0 N–H and O–H groups in total. The van der Waals surface area contributed by atoms with E-state index in [-0.39, 0.29) is 0 Å². The Hall–Kier alpha value is -2.34. The summed E-state index contributed by atoms with van der Waals surface area (Å²) in [6.45, 7) is 1.05. The Morgan fingerprint density at radius 1 is 1.16 bits per heavy atom. The fourth-order valence-electron chi connectivity index (χ4n) is 2.72. The largest absolute Gasteiger partial charge is 0.363 e. The molecule has 1 saturated heterocycles. The highest BCUT2D eigenvalue weighted by Crippen LogP contribution is 2.35. The zero-order valence-corrected chi connectivity index (χ0v) is 10.7. The molecular weight excluding hydrogens is 234 g/mol. The van der Waals surface area contributed by atoms with E-state index in [2.05, 4.69) is 40.2 Å². The van der Waals surface area contributed by atoms with Crippen molar-refractivity contribution in [1.82, 2.24) is 4.98 Å². The molecule has 0 spiro atoms. The van der Waals surface area contributed by atoms with Crippen molar-refractivity contribution in [2.45, 2.75) is 18.9 Å². The molecule has 94 valence electrons. The molecule has 3 nitrogen and oxygen atoms in total. The number of benzene rings is 1. The first-order valence-electron chi connectivity index (χ1n) is 6.56. The molecule has 1 aliphatic heterocycles. The predicted octanol–water partition coefficient (Wildman–Crippen LogP) is 3.29. The highest BCUT2D eigenvalue weighted by Gasteiger charge is 2.26. The van der Waals surface area contributed by atoms with Crippen molar-refractivity contribution in [3.8, 4) is 6.07 Å². The number of hydrogen-bond acceptors (Lipinski definition) is 3. The number of anilines is 1. The van der Waals surface area contributed by atoms with Crippen molar-refractivity contribution in [2.24, 2.45) is 0 Å². The van der Waals surface area contributed by atoms with Crippen LogP contribution in [0.1, 0.15) is 30.1 Å². The van der Waals surface area contributed by atoms with Gasteiger partial charge in [-0.2, -0.15) is 5.26 Å². The van der Waals surface area contributed by atoms with Crippen LogP contribution in [0.3, 0.4) is 0 Å². The minimum Gasteiger partial charge on any atom is -0.363 e. The molecule has 0 bridgehead atoms. The molecule has 19 heavy (non-hydrogen) atoms. The number of rotatable bonds is 2. The molecule has 2 aromatic rings. The molecule has 1 fully saturated rings. The van der Waals surface area contributed by atoms with E-state index in [1.54, 1.807) is 12.3 Å². The number of pyridine rings is 1. The van der Waals surface area contributed by atoms with E-state index in [9.17, 15) is 0 Å². The van der Waals surface area contributed by atoms with E-state index in [1.807, 2.05) is 12.1 Å². The van der Waals surface area contributed by atoms with Gasteiger partial charge < -0.3 is 4.90 Å². The van der Waals surface area contributed by atoms with E-state index < -0.39 is 0 Å². The molecule has 2 heterocycles. The Morgan fingerprint density at radius 2 is 2.00 bits per heavy atom. The van der Waals surface area contributed by atoms with Crippen LogP contribution in [-0.4, -0.2) is 11.5 Å². The summed E-state index contributed by atoms with van der Waals surface area (Å²) in [4.78, 5) is 6.55. The van der Waals surface area contributed by atoms with E-state index in [4.69, 9.17) is 5.26 Å². The van der Waals surface area contributed by atoms with Gasteiger partial charge in [0.2, 0.25) is 0 Å². The van der Waals surface area contributed by atoms with Gasteiger partial charge in [-0.3, -0.25) is 0 Å². The number of aromatic nitrogens is 1. The third kappa shape index (κ3) is 2.30. The van der Waals surface area contributed by atoms with Crippen LogP contribution >= 0.6 is 0 Å². The Morgan fingerprint density at radius 3 is 2.68 bits per heavy atom. The average Bonchev–Trinajstić information content (AvgIpc) is 2.98. The fraction of sp³-hybridized carbons (Fsp3) is 0.250. The van der Waals surface area contributed by atoms with Gasteiger partial charge in [0.25, 0.3) is 0 Å². The van der Waals surface area contributed by atoms with Crippen molar-refractivity contribution in [3.05, 3.63) is 59.9 Å². The van der Waals surface area contributed by atoms with Gasteiger partial charge in [0.05, 0.1) is 17.9 Å². The number of nitriles is 1. The monoisotopic (exact) mass is 249 g/mol. The van der Waals surface area contributed by atoms with Gasteiger partial charge in [0.15, 0.2) is 0 Å². The minimum absolute atomic E-state index is 0.427. The van der Waals surface area contributed by atoms with Crippen LogP contribution in [0.15, 0.2) is 48.7 Å². The SMILES string of the molecule is N#Cc1ccc(N2CCCC2c2ccccc2)cn1. The van der Waals surface area contributed by atoms with Gasteiger partial charge >= 0.3 is 0 Å². The second-order valence-corrected chi connectivity index (χ2v) is 4.78. The zero-order chi connectivity index (χ0) is 13.1. The van der Waals surface area contributed by atoms with Crippen LogP contribution < -0.4 is 4.90 Å². The molecule has 3 rings (SSSR count). The first-order chi connectivity index (χ1) is 9.38. The third-order valence-corrected chi connectivity index (χ3v) is 3.63. The van der Waals surface area contributed by atoms with Gasteiger partial charge in [0, 0.05) is 6.54 Å². The molecule has 1 aromatic carbocycles. The van der Waals surface area contributed by atoms with Gasteiger partial charge in [0.1, 0.15) is 11.8 Å². The molecule has 1 aliphatic rings. The summed E-state index contributed by atoms with van der Waals surface area (Å²) >= 11 is 0. The predicted molar refractivity (Wildman–Crippen MR) is 74.7 cm³/mol. The van der Waals surface area contributed by atoms with Gasteiger partial charge in [-0.15, -0.1) is 0 Å². The lowest BCUT2D eigenvalue weighted by molar-refractivity contribution is 0.718. The van der Waals surface area contributed by atoms with Crippen molar-refractivity contribution in [2.75, 3.05) is 11.4 Å². The summed E-state index contributed by atoms with van der Waals surface area (Å²) in [6.07, 6.45) is 4.17. The molecular formula is C16H15N3. The number of nitrogens with zero attached hydrogens (tertiary/aromatic N) is 3. The summed E-state index contributed by atoms with van der Waals surface area (Å²) in [5.41, 5.74) is 2.92. The van der Waals surface area contributed by atoms with Crippen LogP contribution in [0, 0.1) is 11.3 Å². The van der Waals surface area contributed by atoms with Gasteiger partial charge in [-0.1, -0.05) is 30.3 Å². The van der Waals surface area contributed by atoms with Crippen LogP contribution in [0.2, 0.25) is 0 Å². The Balaban J connectivity index is 1.89. The Kier molecular flexibility index (Phi) is 3.16. The summed E-state index contributed by atoms with van der Waals surface area (Å²) in [7, 11) is 0. The zero-order valence-electron chi connectivity index (χ0n) is 10.7. The first-order valence-corrected chi connectivity index (χ1v) is 6.56. The smallest absolute Gasteiger partial charge is 0.140 e. The Labute approximate surface area is 113 Å². The summed E-state index contributed by atoms with van der Waals surface area (Å²) in [5.74, 6) is 0. The maximum absolute atomic E-state index is 8.80. The summed E-state index contributed by atoms with van der Waals surface area (Å²) in [6, 6.07) is 16.8. The summed E-state index contributed by atoms with van der Waals surface area (Å²) in [5, 5.41) is 8.80. The lowest BCUT2D eigenvalue weighted by Gasteiger charge is -2.26. The molecule has 1 atom stereocenters. The molecule has 0 radical (unpaired) electrons. The molecule has 0 amide bonds. The van der Waals surface area contributed by atoms with Crippen molar-refractivity contribution in [3.63, 3.8) is 0 Å². The lowest BCUT2D eigenvalue weighted by atomic mass is 10.0. The van der Waals surface area contributed by atoms with Gasteiger partial charge in [-0.25, -0.2) is 4.98 Å². The van der Waals surface area contributed by atoms with Crippen molar-refractivity contribution in [1.29, 1.82) is 5.26 Å². The van der Waals surface area contributed by atoms with Crippen LogP contribution in [0.4, 0.5) is 5.69 Å². The average molecular weight is 249 g/mol. The van der Waals surface area contributed by atoms with Crippen molar-refractivity contribution < 1.29 is 0 Å². The quantitative estimate of drug-likeness (QED) is 0.820. The maximum Gasteiger partial charge on any atom is 0.140 e. The highest BCUT2D eigenvalue weighted by molar-refractivity contribution is 5.49. The third-order valence-electron chi connectivity index (χ3n) is 3.63. The van der Waals surface area contributed by atoms with Crippen LogP contribution in [0.25, 0.3) is 0 Å². The van der Waals surface area contributed by atoms with Crippen LogP contribution in [0.5, 0.6) is 0 Å². The molecule has 0 aliphatic carbocycles. The van der Waals surface area contributed by atoms with E-state index in [0.29, 0.717) is 11.7 Å². The van der Waals surface area contributed by atoms with Crippen molar-refractivity contribution >= 4 is 5.69 Å². The second kappa shape index (κ2) is 5.11. The van der Waals surface area contributed by atoms with E-state index in [1.165, 1.54) is 18.4 Å². The lowest BCUT2D eigenvalue weighted by Crippen LogP contribution is -2.22. The number of hydrogen-bond donors (Lipinski definition) is 0. The molecule has 0 saturated carbocycles. The van der Waals surface area contributed by atoms with Crippen LogP contribution in [-0.2, 0) is 0 Å². The molecule has 1 aromatic heterocycles. The Bertz CT molecular complexity index is 584. The minimum atomic E-state index is 0.427. The first kappa shape index (κ1) is 11.7. The fourth-order valence-corrected chi connectivity index (χ4v) is 2.72. The second-order valence-electron chi connectivity index (χ2n) is 4.78. The maximum atomic E-state index is 8.80. The van der Waals surface area contributed by atoms with E-state index >= 15 is 0 Å². The standard InChI is InChI=1S/C16H15N3/c17-11-14-8-9-15(12-18-14)19-10-4-7-16(19)13-5-2-1-3-6-13/h1-3,5-6,8-9,12,16H,4,7,10H2. The molecule has 1 unspecified atom stereocenters. The van der Waals surface area contributed by atoms with E-state index in [0.717, 1.165) is 12.2 Å². The highest BCUT2D eigenvalue weighted by atomic mass is 15.2.